The normalized spacial score (nSPS) is 11.3. The standard InChI is InChI=1S/C15H16ClFN2O2/c1-15(2,14-10(16)5-7-13(20)19-14)21-12-6-4-9(18-3)8-11(12)17/h4-8,18H,1-3H3,(H,19,20). The first kappa shape index (κ1) is 15.4. The molecule has 21 heavy (non-hydrogen) atoms. The number of nitrogens with one attached hydrogen (secondary N) is 2. The lowest BCUT2D eigenvalue weighted by Gasteiger charge is -2.27. The fourth-order valence-electron chi connectivity index (χ4n) is 1.96. The Morgan fingerprint density at radius 1 is 1.29 bits per heavy atom. The van der Waals surface area contributed by atoms with Crippen LogP contribution in [0, 0.1) is 5.82 Å². The Labute approximate surface area is 126 Å². The molecule has 0 saturated heterocycles. The molecule has 0 fully saturated rings. The predicted octanol–water partition coefficient (Wildman–Crippen LogP) is 3.52. The summed E-state index contributed by atoms with van der Waals surface area (Å²) in [5.41, 5.74) is -0.242. The van der Waals surface area contributed by atoms with E-state index in [1.165, 1.54) is 24.3 Å². The van der Waals surface area contributed by atoms with Crippen molar-refractivity contribution in [1.82, 2.24) is 4.98 Å². The van der Waals surface area contributed by atoms with Crippen LogP contribution in [-0.4, -0.2) is 12.0 Å². The van der Waals surface area contributed by atoms with Gasteiger partial charge in [-0.05, 0) is 32.0 Å². The summed E-state index contributed by atoms with van der Waals surface area (Å²) in [5.74, 6) is -0.413. The number of pyridine rings is 1. The SMILES string of the molecule is CNc1ccc(OC(C)(C)c2[nH]c(=O)ccc2Cl)c(F)c1. The van der Waals surface area contributed by atoms with Gasteiger partial charge in [0.15, 0.2) is 11.6 Å². The molecule has 0 radical (unpaired) electrons. The van der Waals surface area contributed by atoms with Gasteiger partial charge in [0.2, 0.25) is 5.56 Å². The second-order valence-corrected chi connectivity index (χ2v) is 5.46. The van der Waals surface area contributed by atoms with E-state index in [0.29, 0.717) is 16.4 Å². The van der Waals surface area contributed by atoms with Crippen LogP contribution in [0.3, 0.4) is 0 Å². The molecule has 0 aliphatic rings. The minimum atomic E-state index is -0.987. The topological polar surface area (TPSA) is 54.1 Å². The lowest BCUT2D eigenvalue weighted by atomic mass is 10.0. The van der Waals surface area contributed by atoms with Gasteiger partial charge in [0.05, 0.1) is 10.7 Å². The van der Waals surface area contributed by atoms with Gasteiger partial charge in [0, 0.05) is 24.9 Å². The van der Waals surface area contributed by atoms with Gasteiger partial charge >= 0.3 is 0 Å². The van der Waals surface area contributed by atoms with Gasteiger partial charge in [-0.2, -0.15) is 0 Å². The summed E-state index contributed by atoms with van der Waals surface area (Å²) >= 11 is 6.08. The zero-order valence-corrected chi connectivity index (χ0v) is 12.7. The number of rotatable bonds is 4. The third-order valence-electron chi connectivity index (χ3n) is 3.06. The molecule has 1 aromatic heterocycles. The number of hydrogen-bond acceptors (Lipinski definition) is 3. The highest BCUT2D eigenvalue weighted by Crippen LogP contribution is 2.32. The van der Waals surface area contributed by atoms with E-state index in [-0.39, 0.29) is 11.3 Å². The largest absolute Gasteiger partial charge is 0.479 e. The van der Waals surface area contributed by atoms with Crippen molar-refractivity contribution >= 4 is 17.3 Å². The quantitative estimate of drug-likeness (QED) is 0.908. The van der Waals surface area contributed by atoms with Crippen LogP contribution in [0.4, 0.5) is 10.1 Å². The lowest BCUT2D eigenvalue weighted by Crippen LogP contribution is -2.29. The maximum atomic E-state index is 14.0. The van der Waals surface area contributed by atoms with Crippen LogP contribution < -0.4 is 15.6 Å². The van der Waals surface area contributed by atoms with Gasteiger partial charge < -0.3 is 15.0 Å². The summed E-state index contributed by atoms with van der Waals surface area (Å²) in [4.78, 5) is 14.1. The first-order valence-electron chi connectivity index (χ1n) is 6.39. The molecule has 112 valence electrons. The first-order valence-corrected chi connectivity index (χ1v) is 6.77. The second-order valence-electron chi connectivity index (χ2n) is 5.05. The molecule has 2 rings (SSSR count). The lowest BCUT2D eigenvalue weighted by molar-refractivity contribution is 0.0978. The molecule has 0 atom stereocenters. The highest BCUT2D eigenvalue weighted by molar-refractivity contribution is 6.31. The summed E-state index contributed by atoms with van der Waals surface area (Å²) in [6.07, 6.45) is 0. The fraction of sp³-hybridized carbons (Fsp3) is 0.267. The van der Waals surface area contributed by atoms with Crippen molar-refractivity contribution < 1.29 is 9.13 Å². The maximum Gasteiger partial charge on any atom is 0.248 e. The maximum absolute atomic E-state index is 14.0. The summed E-state index contributed by atoms with van der Waals surface area (Å²) in [5, 5.41) is 3.20. The molecule has 1 heterocycles. The van der Waals surface area contributed by atoms with Gasteiger partial charge in [-0.1, -0.05) is 11.6 Å². The molecule has 1 aromatic carbocycles. The predicted molar refractivity (Wildman–Crippen MR) is 81.7 cm³/mol. The Hall–Kier alpha value is -2.01. The molecule has 4 nitrogen and oxygen atoms in total. The average molecular weight is 311 g/mol. The van der Waals surface area contributed by atoms with Gasteiger partial charge in [0.25, 0.3) is 0 Å². The van der Waals surface area contributed by atoms with Crippen LogP contribution in [0.5, 0.6) is 5.75 Å². The number of hydrogen-bond donors (Lipinski definition) is 2. The van der Waals surface area contributed by atoms with E-state index in [9.17, 15) is 9.18 Å². The van der Waals surface area contributed by atoms with Crippen molar-refractivity contribution in [3.63, 3.8) is 0 Å². The van der Waals surface area contributed by atoms with Gasteiger partial charge in [0.1, 0.15) is 5.60 Å². The van der Waals surface area contributed by atoms with E-state index in [1.807, 2.05) is 0 Å². The smallest absolute Gasteiger partial charge is 0.248 e. The number of H-pyrrole nitrogens is 1. The van der Waals surface area contributed by atoms with Gasteiger partial charge in [-0.3, -0.25) is 4.79 Å². The monoisotopic (exact) mass is 310 g/mol. The molecule has 0 spiro atoms. The Bertz CT molecular complexity index is 713. The molecule has 0 aliphatic carbocycles. The van der Waals surface area contributed by atoms with Crippen molar-refractivity contribution in [2.75, 3.05) is 12.4 Å². The number of halogens is 2. The van der Waals surface area contributed by atoms with Crippen molar-refractivity contribution in [3.05, 3.63) is 57.2 Å². The van der Waals surface area contributed by atoms with Crippen molar-refractivity contribution in [2.45, 2.75) is 19.4 Å². The Morgan fingerprint density at radius 2 is 2.00 bits per heavy atom. The molecular formula is C15H16ClFN2O2. The van der Waals surface area contributed by atoms with Crippen molar-refractivity contribution in [3.8, 4) is 5.75 Å². The Morgan fingerprint density at radius 3 is 2.62 bits per heavy atom. The van der Waals surface area contributed by atoms with Gasteiger partial charge in [-0.15, -0.1) is 0 Å². The number of benzene rings is 1. The van der Waals surface area contributed by atoms with E-state index >= 15 is 0 Å². The first-order chi connectivity index (χ1) is 9.83. The van der Waals surface area contributed by atoms with Crippen LogP contribution in [-0.2, 0) is 5.60 Å². The van der Waals surface area contributed by atoms with Crippen molar-refractivity contribution in [1.29, 1.82) is 0 Å². The molecule has 0 unspecified atom stereocenters. The van der Waals surface area contributed by atoms with E-state index in [1.54, 1.807) is 27.0 Å². The summed E-state index contributed by atoms with van der Waals surface area (Å²) < 4.78 is 19.7. The molecular weight excluding hydrogens is 295 g/mol. The number of ether oxygens (including phenoxy) is 1. The van der Waals surface area contributed by atoms with Crippen LogP contribution in [0.25, 0.3) is 0 Å². The number of anilines is 1. The minimum Gasteiger partial charge on any atom is -0.479 e. The Balaban J connectivity index is 2.37. The molecule has 0 saturated carbocycles. The zero-order valence-electron chi connectivity index (χ0n) is 12.0. The molecule has 0 aliphatic heterocycles. The minimum absolute atomic E-state index is 0.0831. The van der Waals surface area contributed by atoms with E-state index < -0.39 is 11.4 Å². The number of aromatic amines is 1. The van der Waals surface area contributed by atoms with Crippen LogP contribution in [0.2, 0.25) is 5.02 Å². The molecule has 0 bridgehead atoms. The third kappa shape index (κ3) is 3.36. The fourth-order valence-corrected chi connectivity index (χ4v) is 2.30. The third-order valence-corrected chi connectivity index (χ3v) is 3.37. The summed E-state index contributed by atoms with van der Waals surface area (Å²) in [7, 11) is 1.70. The van der Waals surface area contributed by atoms with Crippen LogP contribution in [0.15, 0.2) is 35.1 Å². The van der Waals surface area contributed by atoms with E-state index in [0.717, 1.165) is 0 Å². The van der Waals surface area contributed by atoms with Crippen LogP contribution in [0.1, 0.15) is 19.5 Å². The second kappa shape index (κ2) is 5.77. The molecule has 2 aromatic rings. The number of aromatic nitrogens is 1. The zero-order chi connectivity index (χ0) is 15.6. The van der Waals surface area contributed by atoms with E-state index in [2.05, 4.69) is 10.3 Å². The van der Waals surface area contributed by atoms with Crippen LogP contribution >= 0.6 is 11.6 Å². The van der Waals surface area contributed by atoms with Gasteiger partial charge in [-0.25, -0.2) is 4.39 Å². The molecule has 2 N–H and O–H groups in total. The van der Waals surface area contributed by atoms with E-state index in [4.69, 9.17) is 16.3 Å². The average Bonchev–Trinajstić information content (AvgIpc) is 2.43. The Kier molecular flexibility index (Phi) is 4.23. The molecule has 6 heteroatoms. The van der Waals surface area contributed by atoms with Crippen molar-refractivity contribution in [2.24, 2.45) is 0 Å². The summed E-state index contributed by atoms with van der Waals surface area (Å²) in [6, 6.07) is 7.37. The molecule has 0 amide bonds. The highest BCUT2D eigenvalue weighted by atomic mass is 35.5. The highest BCUT2D eigenvalue weighted by Gasteiger charge is 2.27. The summed E-state index contributed by atoms with van der Waals surface area (Å²) in [6.45, 7) is 3.41.